The van der Waals surface area contributed by atoms with E-state index in [4.69, 9.17) is 37.6 Å². The predicted molar refractivity (Wildman–Crippen MR) is 139 cm³/mol. The summed E-state index contributed by atoms with van der Waals surface area (Å²) in [4.78, 5) is 23.7. The number of nitrogens with two attached hydrogens (primary N) is 3. The molecule has 10 heteroatoms. The molecule has 0 aromatic heterocycles. The van der Waals surface area contributed by atoms with Crippen LogP contribution in [0.25, 0.3) is 0 Å². The zero-order chi connectivity index (χ0) is 26.9. The minimum atomic E-state index is -0.852. The van der Waals surface area contributed by atoms with Gasteiger partial charge in [-0.1, -0.05) is 71.1 Å². The fourth-order valence-corrected chi connectivity index (χ4v) is 2.52. The highest BCUT2D eigenvalue weighted by Gasteiger charge is 2.09. The van der Waals surface area contributed by atoms with E-state index >= 15 is 0 Å². The third-order valence-corrected chi connectivity index (χ3v) is 4.47. The molecule has 0 rings (SSSR count). The normalized spacial score (nSPS) is 9.53. The minimum Gasteiger partial charge on any atom is -0.481 e. The summed E-state index contributed by atoms with van der Waals surface area (Å²) < 4.78 is 0. The number of rotatable bonds is 18. The second-order valence-corrected chi connectivity index (χ2v) is 7.78. The van der Waals surface area contributed by atoms with Crippen molar-refractivity contribution in [3.8, 4) is 0 Å². The van der Waals surface area contributed by atoms with E-state index in [1.807, 2.05) is 0 Å². The van der Waals surface area contributed by atoms with Crippen molar-refractivity contribution in [1.29, 1.82) is 0 Å². The van der Waals surface area contributed by atoms with Crippen LogP contribution in [-0.2, 0) is 9.59 Å². The molecular formula is C24H56N4O6. The standard InChI is InChI=1S/C18H35NO3.3C2H7NO/c1-3-4-5-6-7-8-9-10-11-12-13-14-17(20)19(2)16-15-18(21)22;3*3-1-2-4/h3-16H2,1-2H3,(H,21,22);3*4H,1-3H2. The topological polar surface area (TPSA) is 196 Å². The Morgan fingerprint density at radius 1 is 0.647 bits per heavy atom. The Balaban J connectivity index is -0.000000307. The van der Waals surface area contributed by atoms with Crippen LogP contribution in [0.5, 0.6) is 0 Å². The fourth-order valence-electron chi connectivity index (χ4n) is 2.52. The van der Waals surface area contributed by atoms with Crippen molar-refractivity contribution in [3.63, 3.8) is 0 Å². The molecule has 0 atom stereocenters. The van der Waals surface area contributed by atoms with E-state index in [1.165, 1.54) is 62.7 Å². The first-order chi connectivity index (χ1) is 16.3. The van der Waals surface area contributed by atoms with Crippen LogP contribution in [0.2, 0.25) is 0 Å². The van der Waals surface area contributed by atoms with Gasteiger partial charge in [0.1, 0.15) is 0 Å². The number of hydrogen-bond acceptors (Lipinski definition) is 8. The number of nitrogens with zero attached hydrogens (tertiary/aromatic N) is 1. The molecule has 208 valence electrons. The van der Waals surface area contributed by atoms with Crippen LogP contribution in [0, 0.1) is 0 Å². The first-order valence-electron chi connectivity index (χ1n) is 12.7. The summed E-state index contributed by atoms with van der Waals surface area (Å²) in [5.74, 6) is -0.786. The number of hydrogen-bond donors (Lipinski definition) is 7. The van der Waals surface area contributed by atoms with Crippen molar-refractivity contribution in [2.45, 2.75) is 90.4 Å². The summed E-state index contributed by atoms with van der Waals surface area (Å²) >= 11 is 0. The Morgan fingerprint density at radius 3 is 1.26 bits per heavy atom. The molecular weight excluding hydrogens is 440 g/mol. The van der Waals surface area contributed by atoms with Gasteiger partial charge in [0.15, 0.2) is 0 Å². The Morgan fingerprint density at radius 2 is 0.971 bits per heavy atom. The van der Waals surface area contributed by atoms with Gasteiger partial charge in [-0.05, 0) is 6.42 Å². The average molecular weight is 497 g/mol. The van der Waals surface area contributed by atoms with Gasteiger partial charge in [-0.2, -0.15) is 0 Å². The van der Waals surface area contributed by atoms with Gasteiger partial charge in [0.25, 0.3) is 0 Å². The molecule has 0 aliphatic rings. The molecule has 10 nitrogen and oxygen atoms in total. The lowest BCUT2D eigenvalue weighted by Gasteiger charge is -2.15. The first kappa shape index (κ1) is 39.9. The number of aliphatic hydroxyl groups excluding tert-OH is 3. The van der Waals surface area contributed by atoms with Crippen LogP contribution >= 0.6 is 0 Å². The number of aliphatic hydroxyl groups is 3. The van der Waals surface area contributed by atoms with Gasteiger partial charge in [0, 0.05) is 39.6 Å². The predicted octanol–water partition coefficient (Wildman–Crippen LogP) is 1.43. The molecule has 0 aliphatic carbocycles. The molecule has 10 N–H and O–H groups in total. The molecule has 0 saturated carbocycles. The van der Waals surface area contributed by atoms with E-state index in [1.54, 1.807) is 7.05 Å². The maximum absolute atomic E-state index is 11.7. The quantitative estimate of drug-likeness (QED) is 0.137. The summed E-state index contributed by atoms with van der Waals surface area (Å²) in [5.41, 5.74) is 14.3. The fraction of sp³-hybridized carbons (Fsp3) is 0.917. The van der Waals surface area contributed by atoms with Crippen molar-refractivity contribution in [1.82, 2.24) is 4.90 Å². The van der Waals surface area contributed by atoms with Crippen molar-refractivity contribution in [2.75, 3.05) is 53.0 Å². The Bertz CT molecular complexity index is 375. The number of carbonyl (C=O) groups is 2. The van der Waals surface area contributed by atoms with Crippen LogP contribution in [0.15, 0.2) is 0 Å². The van der Waals surface area contributed by atoms with Gasteiger partial charge in [-0.3, -0.25) is 9.59 Å². The molecule has 0 aromatic rings. The van der Waals surface area contributed by atoms with Crippen LogP contribution in [0.1, 0.15) is 90.4 Å². The lowest BCUT2D eigenvalue weighted by Crippen LogP contribution is -2.28. The van der Waals surface area contributed by atoms with Crippen molar-refractivity contribution in [3.05, 3.63) is 0 Å². The molecule has 0 heterocycles. The van der Waals surface area contributed by atoms with Crippen molar-refractivity contribution in [2.24, 2.45) is 17.2 Å². The minimum absolute atomic E-state index is 0.0283. The van der Waals surface area contributed by atoms with Crippen molar-refractivity contribution >= 4 is 11.9 Å². The third kappa shape index (κ3) is 48.2. The number of carboxylic acids is 1. The molecule has 0 aromatic carbocycles. The summed E-state index contributed by atoms with van der Waals surface area (Å²) in [5, 5.41) is 31.8. The molecule has 34 heavy (non-hydrogen) atoms. The lowest BCUT2D eigenvalue weighted by molar-refractivity contribution is -0.138. The first-order valence-corrected chi connectivity index (χ1v) is 12.7. The van der Waals surface area contributed by atoms with Crippen molar-refractivity contribution < 1.29 is 30.0 Å². The van der Waals surface area contributed by atoms with E-state index in [0.29, 0.717) is 32.6 Å². The van der Waals surface area contributed by atoms with Crippen LogP contribution in [0.3, 0.4) is 0 Å². The van der Waals surface area contributed by atoms with Gasteiger partial charge in [0.05, 0.1) is 26.2 Å². The molecule has 0 fully saturated rings. The molecule has 0 aliphatic heterocycles. The summed E-state index contributed by atoms with van der Waals surface area (Å²) in [6.45, 7) is 3.97. The second kappa shape index (κ2) is 38.9. The molecule has 0 saturated heterocycles. The SMILES string of the molecule is CCCCCCCCCCCCCC(=O)N(C)CCC(=O)O.NCCO.NCCO.NCCO. The van der Waals surface area contributed by atoms with Gasteiger partial charge in [0.2, 0.25) is 5.91 Å². The molecule has 0 radical (unpaired) electrons. The summed E-state index contributed by atoms with van der Waals surface area (Å²) in [6, 6.07) is 0. The number of carbonyl (C=O) groups excluding carboxylic acids is 1. The van der Waals surface area contributed by atoms with Gasteiger partial charge in [-0.25, -0.2) is 0 Å². The van der Waals surface area contributed by atoms with E-state index < -0.39 is 5.97 Å². The smallest absolute Gasteiger partial charge is 0.305 e. The maximum Gasteiger partial charge on any atom is 0.305 e. The number of unbranched alkanes of at least 4 members (excludes halogenated alkanes) is 10. The zero-order valence-electron chi connectivity index (χ0n) is 21.9. The maximum atomic E-state index is 11.7. The third-order valence-electron chi connectivity index (χ3n) is 4.47. The summed E-state index contributed by atoms with van der Waals surface area (Å²) in [6.07, 6.45) is 14.6. The van der Waals surface area contributed by atoms with Crippen LogP contribution in [-0.4, -0.2) is 90.2 Å². The van der Waals surface area contributed by atoms with E-state index in [2.05, 4.69) is 6.92 Å². The Hall–Kier alpha value is -1.30. The summed E-state index contributed by atoms with van der Waals surface area (Å²) in [7, 11) is 1.68. The average Bonchev–Trinajstić information content (AvgIpc) is 2.85. The number of amides is 1. The molecule has 1 amide bonds. The van der Waals surface area contributed by atoms with Gasteiger partial charge < -0.3 is 42.5 Å². The van der Waals surface area contributed by atoms with Crippen LogP contribution in [0.4, 0.5) is 0 Å². The van der Waals surface area contributed by atoms with E-state index in [9.17, 15) is 9.59 Å². The number of carboxylic acid groups (broad SMARTS) is 1. The highest BCUT2D eigenvalue weighted by atomic mass is 16.4. The highest BCUT2D eigenvalue weighted by Crippen LogP contribution is 2.12. The van der Waals surface area contributed by atoms with E-state index in [0.717, 1.165) is 12.8 Å². The van der Waals surface area contributed by atoms with E-state index in [-0.39, 0.29) is 32.1 Å². The van der Waals surface area contributed by atoms with Gasteiger partial charge >= 0.3 is 5.97 Å². The molecule has 0 bridgehead atoms. The van der Waals surface area contributed by atoms with Crippen LogP contribution < -0.4 is 17.2 Å². The largest absolute Gasteiger partial charge is 0.481 e. The Kier molecular flexibility index (Phi) is 45.7. The molecule has 0 unspecified atom stereocenters. The van der Waals surface area contributed by atoms with Gasteiger partial charge in [-0.15, -0.1) is 0 Å². The zero-order valence-corrected chi connectivity index (χ0v) is 21.9. The Labute approximate surface area is 207 Å². The molecule has 0 spiro atoms. The second-order valence-electron chi connectivity index (χ2n) is 7.78. The highest BCUT2D eigenvalue weighted by molar-refractivity contribution is 5.76. The number of aliphatic carboxylic acids is 1. The monoisotopic (exact) mass is 496 g/mol. The lowest BCUT2D eigenvalue weighted by atomic mass is 10.1.